The normalized spacial score (nSPS) is 33.1. The van der Waals surface area contributed by atoms with E-state index in [1.54, 1.807) is 0 Å². The van der Waals surface area contributed by atoms with E-state index >= 15 is 0 Å². The molecule has 0 aromatic carbocycles. The van der Waals surface area contributed by atoms with Crippen molar-refractivity contribution in [3.05, 3.63) is 23.9 Å². The first-order chi connectivity index (χ1) is 7.74. The molecule has 86 valence electrons. The number of rotatable bonds is 1. The maximum absolute atomic E-state index is 9.76. The Morgan fingerprint density at radius 1 is 1.25 bits per heavy atom. The number of aliphatic hydroxyl groups is 1. The Bertz CT molecular complexity index is 379. The molecule has 1 N–H and O–H groups in total. The van der Waals surface area contributed by atoms with E-state index in [2.05, 4.69) is 22.0 Å². The number of piperidine rings is 1. The van der Waals surface area contributed by atoms with E-state index in [1.165, 1.54) is 12.8 Å². The second-order valence-electron chi connectivity index (χ2n) is 5.05. The molecule has 2 bridgehead atoms. The number of aliphatic hydroxyl groups excluding tert-OH is 1. The summed E-state index contributed by atoms with van der Waals surface area (Å²) in [5.74, 6) is 1.10. The summed E-state index contributed by atoms with van der Waals surface area (Å²) in [6.45, 7) is 2.03. The van der Waals surface area contributed by atoms with Crippen molar-refractivity contribution < 1.29 is 5.11 Å². The van der Waals surface area contributed by atoms with E-state index in [4.69, 9.17) is 0 Å². The SMILES string of the molecule is Cc1cccc(N2C3CCC2CC(O)C3)n1. The molecule has 2 fully saturated rings. The number of hydrogen-bond acceptors (Lipinski definition) is 3. The summed E-state index contributed by atoms with van der Waals surface area (Å²) >= 11 is 0. The van der Waals surface area contributed by atoms with Crippen LogP contribution in [0.25, 0.3) is 0 Å². The lowest BCUT2D eigenvalue weighted by Crippen LogP contribution is -2.45. The molecule has 2 unspecified atom stereocenters. The topological polar surface area (TPSA) is 36.4 Å². The van der Waals surface area contributed by atoms with Gasteiger partial charge in [-0.1, -0.05) is 6.07 Å². The summed E-state index contributed by atoms with van der Waals surface area (Å²) in [6.07, 6.45) is 4.13. The molecule has 0 amide bonds. The largest absolute Gasteiger partial charge is 0.393 e. The van der Waals surface area contributed by atoms with Crippen LogP contribution in [0.4, 0.5) is 5.82 Å². The highest BCUT2D eigenvalue weighted by molar-refractivity contribution is 5.44. The first-order valence-corrected chi connectivity index (χ1v) is 6.14. The van der Waals surface area contributed by atoms with Gasteiger partial charge < -0.3 is 10.0 Å². The number of fused-ring (bicyclic) bond motifs is 2. The Kier molecular flexibility index (Phi) is 2.36. The zero-order valence-corrected chi connectivity index (χ0v) is 9.63. The quantitative estimate of drug-likeness (QED) is 0.782. The van der Waals surface area contributed by atoms with Crippen molar-refractivity contribution in [1.29, 1.82) is 0 Å². The molecule has 2 atom stereocenters. The third kappa shape index (κ3) is 1.59. The molecule has 0 radical (unpaired) electrons. The van der Waals surface area contributed by atoms with E-state index in [0.717, 1.165) is 24.4 Å². The first kappa shape index (κ1) is 10.1. The second kappa shape index (κ2) is 3.74. The van der Waals surface area contributed by atoms with Crippen LogP contribution < -0.4 is 4.90 Å². The molecule has 2 saturated heterocycles. The lowest BCUT2D eigenvalue weighted by molar-refractivity contribution is 0.126. The highest BCUT2D eigenvalue weighted by Gasteiger charge is 2.40. The Labute approximate surface area is 96.1 Å². The third-order valence-corrected chi connectivity index (χ3v) is 3.85. The summed E-state index contributed by atoms with van der Waals surface area (Å²) in [5.41, 5.74) is 1.07. The lowest BCUT2D eigenvalue weighted by atomic mass is 10.00. The number of nitrogens with zero attached hydrogens (tertiary/aromatic N) is 2. The van der Waals surface area contributed by atoms with Crippen LogP contribution >= 0.6 is 0 Å². The third-order valence-electron chi connectivity index (χ3n) is 3.85. The molecular formula is C13H18N2O. The van der Waals surface area contributed by atoms with Gasteiger partial charge in [0.05, 0.1) is 6.10 Å². The zero-order chi connectivity index (χ0) is 11.1. The van der Waals surface area contributed by atoms with Crippen LogP contribution in [-0.4, -0.2) is 28.3 Å². The summed E-state index contributed by atoms with van der Waals surface area (Å²) in [7, 11) is 0. The van der Waals surface area contributed by atoms with Crippen molar-refractivity contribution in [2.75, 3.05) is 4.90 Å². The maximum Gasteiger partial charge on any atom is 0.129 e. The van der Waals surface area contributed by atoms with Gasteiger partial charge in [-0.3, -0.25) is 0 Å². The van der Waals surface area contributed by atoms with Crippen molar-refractivity contribution >= 4 is 5.82 Å². The predicted molar refractivity (Wildman–Crippen MR) is 63.5 cm³/mol. The Morgan fingerprint density at radius 3 is 2.56 bits per heavy atom. The van der Waals surface area contributed by atoms with E-state index in [-0.39, 0.29) is 6.10 Å². The molecule has 3 rings (SSSR count). The summed E-state index contributed by atoms with van der Waals surface area (Å²) in [5, 5.41) is 9.76. The first-order valence-electron chi connectivity index (χ1n) is 6.14. The molecule has 1 aromatic rings. The minimum absolute atomic E-state index is 0.0986. The van der Waals surface area contributed by atoms with Gasteiger partial charge in [0.15, 0.2) is 0 Å². The van der Waals surface area contributed by atoms with Crippen LogP contribution in [0.15, 0.2) is 18.2 Å². The summed E-state index contributed by atoms with van der Waals surface area (Å²) in [4.78, 5) is 7.04. The Morgan fingerprint density at radius 2 is 1.94 bits per heavy atom. The smallest absolute Gasteiger partial charge is 0.129 e. The number of aryl methyl sites for hydroxylation is 1. The molecule has 2 aliphatic heterocycles. The van der Waals surface area contributed by atoms with E-state index in [0.29, 0.717) is 12.1 Å². The fraction of sp³-hybridized carbons (Fsp3) is 0.615. The minimum atomic E-state index is -0.0986. The van der Waals surface area contributed by atoms with Crippen molar-refractivity contribution in [2.24, 2.45) is 0 Å². The molecule has 0 aliphatic carbocycles. The van der Waals surface area contributed by atoms with Crippen molar-refractivity contribution in [3.8, 4) is 0 Å². The molecular weight excluding hydrogens is 200 g/mol. The van der Waals surface area contributed by atoms with Gasteiger partial charge in [-0.2, -0.15) is 0 Å². The molecule has 1 aromatic heterocycles. The number of hydrogen-bond donors (Lipinski definition) is 1. The number of anilines is 1. The van der Waals surface area contributed by atoms with Crippen LogP contribution in [0.1, 0.15) is 31.4 Å². The van der Waals surface area contributed by atoms with Gasteiger partial charge in [0.1, 0.15) is 5.82 Å². The summed E-state index contributed by atoms with van der Waals surface area (Å²) in [6, 6.07) is 7.20. The lowest BCUT2D eigenvalue weighted by Gasteiger charge is -2.38. The van der Waals surface area contributed by atoms with Crippen LogP contribution in [0, 0.1) is 6.92 Å². The molecule has 0 saturated carbocycles. The van der Waals surface area contributed by atoms with Gasteiger partial charge in [0.2, 0.25) is 0 Å². The van der Waals surface area contributed by atoms with Crippen molar-refractivity contribution in [2.45, 2.75) is 50.8 Å². The summed E-state index contributed by atoms with van der Waals surface area (Å²) < 4.78 is 0. The highest BCUT2D eigenvalue weighted by Crippen LogP contribution is 2.38. The van der Waals surface area contributed by atoms with Gasteiger partial charge in [0, 0.05) is 17.8 Å². The molecule has 2 aliphatic rings. The van der Waals surface area contributed by atoms with E-state index < -0.39 is 0 Å². The van der Waals surface area contributed by atoms with Gasteiger partial charge >= 0.3 is 0 Å². The second-order valence-corrected chi connectivity index (χ2v) is 5.05. The van der Waals surface area contributed by atoms with Gasteiger partial charge in [0.25, 0.3) is 0 Å². The number of aromatic nitrogens is 1. The molecule has 3 heteroatoms. The number of pyridine rings is 1. The molecule has 3 nitrogen and oxygen atoms in total. The molecule has 0 spiro atoms. The average molecular weight is 218 g/mol. The maximum atomic E-state index is 9.76. The van der Waals surface area contributed by atoms with E-state index in [1.807, 2.05) is 13.0 Å². The fourth-order valence-corrected chi connectivity index (χ4v) is 3.19. The van der Waals surface area contributed by atoms with Crippen molar-refractivity contribution in [1.82, 2.24) is 4.98 Å². The fourth-order valence-electron chi connectivity index (χ4n) is 3.19. The van der Waals surface area contributed by atoms with Crippen molar-refractivity contribution in [3.63, 3.8) is 0 Å². The molecule has 3 heterocycles. The Hall–Kier alpha value is -1.09. The van der Waals surface area contributed by atoms with Gasteiger partial charge in [-0.05, 0) is 44.7 Å². The average Bonchev–Trinajstić information content (AvgIpc) is 2.51. The van der Waals surface area contributed by atoms with E-state index in [9.17, 15) is 5.11 Å². The zero-order valence-electron chi connectivity index (χ0n) is 9.63. The van der Waals surface area contributed by atoms with Crippen LogP contribution in [0.5, 0.6) is 0 Å². The minimum Gasteiger partial charge on any atom is -0.393 e. The monoisotopic (exact) mass is 218 g/mol. The van der Waals surface area contributed by atoms with Gasteiger partial charge in [-0.15, -0.1) is 0 Å². The standard InChI is InChI=1S/C13H18N2O/c1-9-3-2-4-13(14-9)15-10-5-6-11(15)8-12(16)7-10/h2-4,10-12,16H,5-8H2,1H3. The van der Waals surface area contributed by atoms with Crippen LogP contribution in [-0.2, 0) is 0 Å². The molecule has 16 heavy (non-hydrogen) atoms. The van der Waals surface area contributed by atoms with Crippen LogP contribution in [0.2, 0.25) is 0 Å². The Balaban J connectivity index is 1.91. The van der Waals surface area contributed by atoms with Crippen LogP contribution in [0.3, 0.4) is 0 Å². The van der Waals surface area contributed by atoms with Gasteiger partial charge in [-0.25, -0.2) is 4.98 Å². The predicted octanol–water partition coefficient (Wildman–Crippen LogP) is 1.88. The highest BCUT2D eigenvalue weighted by atomic mass is 16.3.